The first-order chi connectivity index (χ1) is 16.5. The molecule has 186 valence electrons. The highest BCUT2D eigenvalue weighted by Gasteiger charge is 2.30. The van der Waals surface area contributed by atoms with Gasteiger partial charge >= 0.3 is 5.97 Å². The average Bonchev–Trinajstić information content (AvgIpc) is 2.82. The lowest BCUT2D eigenvalue weighted by molar-refractivity contribution is -0.142. The van der Waals surface area contributed by atoms with E-state index in [0.717, 1.165) is 5.69 Å². The Kier molecular flexibility index (Phi) is 7.95. The fraction of sp³-hybridized carbons (Fsp3) is 0.250. The average molecular weight is 502 g/mol. The van der Waals surface area contributed by atoms with E-state index in [1.165, 1.54) is 30.3 Å². The van der Waals surface area contributed by atoms with Crippen LogP contribution in [0.4, 0.5) is 5.69 Å². The van der Waals surface area contributed by atoms with E-state index in [9.17, 15) is 33.3 Å². The van der Waals surface area contributed by atoms with Gasteiger partial charge in [-0.1, -0.05) is 36.4 Å². The number of hydrogen-bond acceptors (Lipinski definition) is 7. The van der Waals surface area contributed by atoms with Gasteiger partial charge in [-0.25, -0.2) is 13.2 Å². The molecular weight excluding hydrogens is 474 g/mol. The number of aliphatic hydroxyl groups is 1. The lowest BCUT2D eigenvalue weighted by Crippen LogP contribution is -2.53. The molecule has 3 rings (SSSR count). The van der Waals surface area contributed by atoms with Crippen LogP contribution in [0.5, 0.6) is 5.75 Å². The number of carboxylic acids is 1. The third-order valence-electron chi connectivity index (χ3n) is 5.42. The third-order valence-corrected chi connectivity index (χ3v) is 6.95. The minimum absolute atomic E-state index is 0.00514. The number of aliphatic carboxylic acids is 1. The van der Waals surface area contributed by atoms with Crippen LogP contribution in [0, 0.1) is 0 Å². The number of aromatic hydroxyl groups is 1. The van der Waals surface area contributed by atoms with E-state index >= 15 is 0 Å². The summed E-state index contributed by atoms with van der Waals surface area (Å²) < 4.78 is 28.6. The van der Waals surface area contributed by atoms with Gasteiger partial charge in [-0.05, 0) is 29.8 Å². The van der Waals surface area contributed by atoms with Gasteiger partial charge in [0.1, 0.15) is 17.8 Å². The first-order valence-corrected chi connectivity index (χ1v) is 12.1. The van der Waals surface area contributed by atoms with Crippen LogP contribution in [0.2, 0.25) is 0 Å². The van der Waals surface area contributed by atoms with Crippen molar-refractivity contribution in [1.82, 2.24) is 10.0 Å². The Morgan fingerprint density at radius 2 is 1.57 bits per heavy atom. The first-order valence-electron chi connectivity index (χ1n) is 10.7. The topological polar surface area (TPSA) is 156 Å². The summed E-state index contributed by atoms with van der Waals surface area (Å²) in [5.41, 5.74) is 1.33. The lowest BCUT2D eigenvalue weighted by atomic mass is 10.1. The fourth-order valence-electron chi connectivity index (χ4n) is 3.65. The zero-order valence-corrected chi connectivity index (χ0v) is 20.0. The molecule has 0 heterocycles. The molecule has 2 atom stereocenters. The summed E-state index contributed by atoms with van der Waals surface area (Å²) in [7, 11) is -0.609. The zero-order valence-electron chi connectivity index (χ0n) is 19.2. The fourth-order valence-corrected chi connectivity index (χ4v) is 5.06. The highest BCUT2D eigenvalue weighted by Crippen LogP contribution is 2.30. The summed E-state index contributed by atoms with van der Waals surface area (Å²) in [6.45, 7) is -0.885. The maximum atomic E-state index is 13.2. The molecular formula is C24H27N3O7S. The molecule has 3 aromatic carbocycles. The number of nitrogens with zero attached hydrogens (tertiary/aromatic N) is 1. The van der Waals surface area contributed by atoms with E-state index in [1.54, 1.807) is 24.3 Å². The predicted molar refractivity (Wildman–Crippen MR) is 131 cm³/mol. The van der Waals surface area contributed by atoms with Crippen LogP contribution in [0.3, 0.4) is 0 Å². The molecule has 5 N–H and O–H groups in total. The Labute approximate surface area is 202 Å². The summed E-state index contributed by atoms with van der Waals surface area (Å²) in [5, 5.41) is 32.0. The molecule has 35 heavy (non-hydrogen) atoms. The standard InChI is InChI=1S/C24H27N3O7S/c1-27(2)21-7-3-6-18-17(21)5-4-8-22(18)35(33,34)26-20(14-28)23(30)25-19(24(31)32)13-15-9-11-16(29)12-10-15/h3-12,19-20,26,28-29H,13-14H2,1-2H3,(H,25,30)(H,31,32)/t19-,20-/m0/s1. The van der Waals surface area contributed by atoms with E-state index < -0.39 is 40.6 Å². The molecule has 11 heteroatoms. The lowest BCUT2D eigenvalue weighted by Gasteiger charge is -2.21. The number of anilines is 1. The number of benzene rings is 3. The van der Waals surface area contributed by atoms with Crippen molar-refractivity contribution in [2.45, 2.75) is 23.4 Å². The number of carbonyl (C=O) groups excluding carboxylic acids is 1. The number of carboxylic acid groups (broad SMARTS) is 1. The van der Waals surface area contributed by atoms with Crippen molar-refractivity contribution in [1.29, 1.82) is 0 Å². The van der Waals surface area contributed by atoms with Crippen molar-refractivity contribution in [3.05, 3.63) is 66.2 Å². The van der Waals surface area contributed by atoms with Crippen molar-refractivity contribution >= 4 is 38.4 Å². The zero-order chi connectivity index (χ0) is 25.8. The molecule has 0 aliphatic carbocycles. The molecule has 0 aliphatic rings. The van der Waals surface area contributed by atoms with Gasteiger partial charge in [0.2, 0.25) is 15.9 Å². The maximum absolute atomic E-state index is 13.2. The normalized spacial score (nSPS) is 13.2. The van der Waals surface area contributed by atoms with Crippen LogP contribution in [0.1, 0.15) is 5.56 Å². The number of nitrogens with one attached hydrogen (secondary N) is 2. The van der Waals surface area contributed by atoms with Crippen LogP contribution in [-0.2, 0) is 26.0 Å². The maximum Gasteiger partial charge on any atom is 0.326 e. The highest BCUT2D eigenvalue weighted by atomic mass is 32.2. The van der Waals surface area contributed by atoms with Gasteiger partial charge in [-0.15, -0.1) is 0 Å². The summed E-state index contributed by atoms with van der Waals surface area (Å²) in [4.78, 5) is 26.2. The molecule has 3 aromatic rings. The summed E-state index contributed by atoms with van der Waals surface area (Å²) in [6.07, 6.45) is -0.108. The van der Waals surface area contributed by atoms with Gasteiger partial charge in [0.25, 0.3) is 0 Å². The second-order valence-electron chi connectivity index (χ2n) is 8.15. The van der Waals surface area contributed by atoms with Crippen LogP contribution < -0.4 is 14.9 Å². The summed E-state index contributed by atoms with van der Waals surface area (Å²) in [5.74, 6) is -2.32. The third kappa shape index (κ3) is 6.07. The van der Waals surface area contributed by atoms with E-state index in [-0.39, 0.29) is 17.1 Å². The molecule has 0 spiro atoms. The number of hydrogen-bond donors (Lipinski definition) is 5. The molecule has 0 radical (unpaired) electrons. The van der Waals surface area contributed by atoms with Crippen molar-refractivity contribution in [3.63, 3.8) is 0 Å². The minimum atomic E-state index is -4.27. The monoisotopic (exact) mass is 501 g/mol. The number of carbonyl (C=O) groups is 2. The van der Waals surface area contributed by atoms with E-state index in [4.69, 9.17) is 0 Å². The molecule has 0 bridgehead atoms. The van der Waals surface area contributed by atoms with Crippen LogP contribution in [0.25, 0.3) is 10.8 Å². The van der Waals surface area contributed by atoms with Crippen LogP contribution in [-0.4, -0.2) is 68.4 Å². The largest absolute Gasteiger partial charge is 0.508 e. The second kappa shape index (κ2) is 10.7. The molecule has 0 fully saturated rings. The Bertz CT molecular complexity index is 1320. The number of rotatable bonds is 10. The number of aliphatic hydroxyl groups excluding tert-OH is 1. The Morgan fingerprint density at radius 1 is 0.943 bits per heavy atom. The van der Waals surface area contributed by atoms with E-state index in [0.29, 0.717) is 16.3 Å². The Hall–Kier alpha value is -3.67. The molecule has 1 amide bonds. The molecule has 0 saturated heterocycles. The van der Waals surface area contributed by atoms with Crippen molar-refractivity contribution in [3.8, 4) is 5.75 Å². The number of amides is 1. The van der Waals surface area contributed by atoms with Gasteiger partial charge < -0.3 is 25.5 Å². The molecule has 0 aromatic heterocycles. The van der Waals surface area contributed by atoms with E-state index in [1.807, 2.05) is 25.1 Å². The second-order valence-corrected chi connectivity index (χ2v) is 9.83. The number of sulfonamides is 1. The number of phenolic OH excluding ortho intramolecular Hbond substituents is 1. The number of phenols is 1. The van der Waals surface area contributed by atoms with Gasteiger partial charge in [0, 0.05) is 37.0 Å². The highest BCUT2D eigenvalue weighted by molar-refractivity contribution is 7.89. The summed E-state index contributed by atoms with van der Waals surface area (Å²) in [6, 6.07) is 12.7. The van der Waals surface area contributed by atoms with Gasteiger partial charge in [0.15, 0.2) is 0 Å². The van der Waals surface area contributed by atoms with E-state index in [2.05, 4.69) is 10.0 Å². The summed E-state index contributed by atoms with van der Waals surface area (Å²) >= 11 is 0. The van der Waals surface area contributed by atoms with Gasteiger partial charge in [-0.3, -0.25) is 4.79 Å². The van der Waals surface area contributed by atoms with Crippen LogP contribution >= 0.6 is 0 Å². The molecule has 0 aliphatic heterocycles. The van der Waals surface area contributed by atoms with Crippen LogP contribution in [0.15, 0.2) is 65.6 Å². The van der Waals surface area contributed by atoms with Gasteiger partial charge in [0.05, 0.1) is 11.5 Å². The molecule has 10 nitrogen and oxygen atoms in total. The molecule has 0 saturated carbocycles. The minimum Gasteiger partial charge on any atom is -0.508 e. The Balaban J connectivity index is 1.83. The quantitative estimate of drug-likeness (QED) is 0.276. The predicted octanol–water partition coefficient (Wildman–Crippen LogP) is 1.06. The van der Waals surface area contributed by atoms with Crippen molar-refractivity contribution < 1.29 is 33.3 Å². The SMILES string of the molecule is CN(C)c1cccc2c(S(=O)(=O)N[C@@H](CO)C(=O)N[C@@H](Cc3ccc(O)cc3)C(=O)O)cccc12. The number of fused-ring (bicyclic) bond motifs is 1. The van der Waals surface area contributed by atoms with Gasteiger partial charge in [-0.2, -0.15) is 4.72 Å². The first kappa shape index (κ1) is 25.9. The smallest absolute Gasteiger partial charge is 0.326 e. The van der Waals surface area contributed by atoms with Crippen molar-refractivity contribution in [2.75, 3.05) is 25.6 Å². The Morgan fingerprint density at radius 3 is 2.17 bits per heavy atom. The van der Waals surface area contributed by atoms with Crippen molar-refractivity contribution in [2.24, 2.45) is 0 Å². The molecule has 0 unspecified atom stereocenters.